The van der Waals surface area contributed by atoms with Crippen LogP contribution in [-0.4, -0.2) is 55.1 Å². The molecule has 0 bridgehead atoms. The first-order chi connectivity index (χ1) is 9.26. The van der Waals surface area contributed by atoms with Crippen molar-refractivity contribution in [3.63, 3.8) is 0 Å². The van der Waals surface area contributed by atoms with Gasteiger partial charge in [-0.25, -0.2) is 4.79 Å². The zero-order chi connectivity index (χ0) is 13.7. The van der Waals surface area contributed by atoms with E-state index in [1.54, 1.807) is 0 Å². The Balaban J connectivity index is 2.02. The summed E-state index contributed by atoms with van der Waals surface area (Å²) in [5.74, 6) is 0. The first-order valence-corrected chi connectivity index (χ1v) is 7.10. The van der Waals surface area contributed by atoms with E-state index < -0.39 is 0 Å². The normalized spacial score (nSPS) is 16.4. The summed E-state index contributed by atoms with van der Waals surface area (Å²) in [5, 5.41) is 0. The monoisotopic (exact) mass is 261 g/mol. The van der Waals surface area contributed by atoms with Gasteiger partial charge in [0.15, 0.2) is 0 Å². The fraction of sp³-hybridized carbons (Fsp3) is 0.533. The van der Waals surface area contributed by atoms with Gasteiger partial charge in [0.1, 0.15) is 0 Å². The van der Waals surface area contributed by atoms with Crippen molar-refractivity contribution >= 4 is 11.7 Å². The lowest BCUT2D eigenvalue weighted by atomic mass is 10.3. The number of hydrogen-bond donors (Lipinski definition) is 0. The maximum absolute atomic E-state index is 12.6. The van der Waals surface area contributed by atoms with Crippen LogP contribution in [-0.2, 0) is 0 Å². The highest BCUT2D eigenvalue weighted by molar-refractivity contribution is 5.92. The predicted molar refractivity (Wildman–Crippen MR) is 78.5 cm³/mol. The largest absolute Gasteiger partial charge is 0.324 e. The minimum absolute atomic E-state index is 0.129. The van der Waals surface area contributed by atoms with Gasteiger partial charge in [-0.15, -0.1) is 0 Å². The number of hydrogen-bond acceptors (Lipinski definition) is 2. The molecule has 2 amide bonds. The Bertz CT molecular complexity index is 399. The highest BCUT2D eigenvalue weighted by Crippen LogP contribution is 2.16. The zero-order valence-electron chi connectivity index (χ0n) is 11.9. The molecule has 19 heavy (non-hydrogen) atoms. The third kappa shape index (κ3) is 3.26. The van der Waals surface area contributed by atoms with Crippen molar-refractivity contribution in [1.29, 1.82) is 0 Å². The van der Waals surface area contributed by atoms with E-state index in [1.807, 2.05) is 47.1 Å². The smallest absolute Gasteiger partial charge is 0.322 e. The van der Waals surface area contributed by atoms with Crippen molar-refractivity contribution in [1.82, 2.24) is 9.80 Å². The molecule has 0 spiro atoms. The molecular formula is C15H23N3O. The highest BCUT2D eigenvalue weighted by Gasteiger charge is 2.24. The summed E-state index contributed by atoms with van der Waals surface area (Å²) < 4.78 is 0. The standard InChI is InChI=1S/C15H23N3O/c1-3-16-10-12-17(13-11-16)15(19)18(4-2)14-8-6-5-7-9-14/h5-9H,3-4,10-13H2,1-2H3. The van der Waals surface area contributed by atoms with Crippen LogP contribution in [0.15, 0.2) is 30.3 Å². The number of carbonyl (C=O) groups is 1. The number of nitrogens with zero attached hydrogens (tertiary/aromatic N) is 3. The minimum atomic E-state index is 0.129. The number of amides is 2. The number of rotatable bonds is 3. The molecular weight excluding hydrogens is 238 g/mol. The number of piperazine rings is 1. The second-order valence-corrected chi connectivity index (χ2v) is 4.78. The first kappa shape index (κ1) is 13.9. The fourth-order valence-electron chi connectivity index (χ4n) is 2.46. The average Bonchev–Trinajstić information content (AvgIpc) is 2.49. The van der Waals surface area contributed by atoms with Crippen LogP contribution >= 0.6 is 0 Å². The van der Waals surface area contributed by atoms with E-state index in [0.29, 0.717) is 6.54 Å². The average molecular weight is 261 g/mol. The number of carbonyl (C=O) groups excluding carboxylic acids is 1. The molecule has 0 aromatic heterocycles. The van der Waals surface area contributed by atoms with Crippen molar-refractivity contribution in [3.05, 3.63) is 30.3 Å². The van der Waals surface area contributed by atoms with Crippen molar-refractivity contribution in [2.24, 2.45) is 0 Å². The van der Waals surface area contributed by atoms with E-state index >= 15 is 0 Å². The van der Waals surface area contributed by atoms with E-state index in [2.05, 4.69) is 11.8 Å². The van der Waals surface area contributed by atoms with Gasteiger partial charge in [-0.05, 0) is 25.6 Å². The van der Waals surface area contributed by atoms with Gasteiger partial charge >= 0.3 is 6.03 Å². The molecule has 4 nitrogen and oxygen atoms in total. The molecule has 1 fully saturated rings. The molecule has 1 aromatic carbocycles. The van der Waals surface area contributed by atoms with Gasteiger partial charge < -0.3 is 9.80 Å². The minimum Gasteiger partial charge on any atom is -0.322 e. The summed E-state index contributed by atoms with van der Waals surface area (Å²) in [6, 6.07) is 10.0. The number of anilines is 1. The molecule has 1 aromatic rings. The molecule has 0 radical (unpaired) electrons. The van der Waals surface area contributed by atoms with Gasteiger partial charge in [-0.3, -0.25) is 4.90 Å². The van der Waals surface area contributed by atoms with E-state index in [4.69, 9.17) is 0 Å². The van der Waals surface area contributed by atoms with Gasteiger partial charge in [0.25, 0.3) is 0 Å². The number of urea groups is 1. The maximum atomic E-state index is 12.6. The van der Waals surface area contributed by atoms with Gasteiger partial charge in [0.2, 0.25) is 0 Å². The molecule has 0 unspecified atom stereocenters. The molecule has 4 heteroatoms. The van der Waals surface area contributed by atoms with Gasteiger partial charge in [-0.2, -0.15) is 0 Å². The lowest BCUT2D eigenvalue weighted by Crippen LogP contribution is -2.52. The van der Waals surface area contributed by atoms with Crippen LogP contribution in [0.4, 0.5) is 10.5 Å². The van der Waals surface area contributed by atoms with Gasteiger partial charge in [0, 0.05) is 38.4 Å². The number of benzene rings is 1. The quantitative estimate of drug-likeness (QED) is 0.834. The Kier molecular flexibility index (Phi) is 4.80. The first-order valence-electron chi connectivity index (χ1n) is 7.10. The van der Waals surface area contributed by atoms with Crippen LogP contribution in [0.25, 0.3) is 0 Å². The summed E-state index contributed by atoms with van der Waals surface area (Å²) in [6.45, 7) is 9.58. The lowest BCUT2D eigenvalue weighted by molar-refractivity contribution is 0.147. The van der Waals surface area contributed by atoms with Crippen LogP contribution in [0.3, 0.4) is 0 Å². The van der Waals surface area contributed by atoms with Crippen LogP contribution in [0.2, 0.25) is 0 Å². The number of likely N-dealkylation sites (N-methyl/N-ethyl adjacent to an activating group) is 1. The third-order valence-electron chi connectivity index (χ3n) is 3.71. The molecule has 1 aliphatic heterocycles. The Morgan fingerprint density at radius 1 is 1.11 bits per heavy atom. The van der Waals surface area contributed by atoms with Crippen LogP contribution in [0, 0.1) is 0 Å². The topological polar surface area (TPSA) is 26.8 Å². The van der Waals surface area contributed by atoms with Crippen molar-refractivity contribution in [2.45, 2.75) is 13.8 Å². The van der Waals surface area contributed by atoms with Crippen LogP contribution < -0.4 is 4.90 Å². The fourth-order valence-corrected chi connectivity index (χ4v) is 2.46. The molecule has 2 rings (SSSR count). The molecule has 1 heterocycles. The zero-order valence-corrected chi connectivity index (χ0v) is 11.9. The van der Waals surface area contributed by atoms with Crippen LogP contribution in [0.5, 0.6) is 0 Å². The summed E-state index contributed by atoms with van der Waals surface area (Å²) >= 11 is 0. The Labute approximate surface area is 115 Å². The summed E-state index contributed by atoms with van der Waals surface area (Å²) in [4.78, 5) is 18.7. The summed E-state index contributed by atoms with van der Waals surface area (Å²) in [7, 11) is 0. The second kappa shape index (κ2) is 6.57. The van der Waals surface area contributed by atoms with Gasteiger partial charge in [-0.1, -0.05) is 25.1 Å². The summed E-state index contributed by atoms with van der Waals surface area (Å²) in [6.07, 6.45) is 0. The molecule has 0 saturated carbocycles. The highest BCUT2D eigenvalue weighted by atomic mass is 16.2. The summed E-state index contributed by atoms with van der Waals surface area (Å²) in [5.41, 5.74) is 0.980. The molecule has 1 aliphatic rings. The molecule has 1 saturated heterocycles. The van der Waals surface area contributed by atoms with Crippen molar-refractivity contribution < 1.29 is 4.79 Å². The van der Waals surface area contributed by atoms with Crippen molar-refractivity contribution in [2.75, 3.05) is 44.2 Å². The molecule has 104 valence electrons. The van der Waals surface area contributed by atoms with Gasteiger partial charge in [0.05, 0.1) is 0 Å². The van der Waals surface area contributed by atoms with E-state index in [0.717, 1.165) is 38.4 Å². The molecule has 0 N–H and O–H groups in total. The Morgan fingerprint density at radius 3 is 2.26 bits per heavy atom. The molecule has 0 aliphatic carbocycles. The lowest BCUT2D eigenvalue weighted by Gasteiger charge is -2.36. The second-order valence-electron chi connectivity index (χ2n) is 4.78. The Hall–Kier alpha value is -1.55. The van der Waals surface area contributed by atoms with Crippen molar-refractivity contribution in [3.8, 4) is 0 Å². The third-order valence-corrected chi connectivity index (χ3v) is 3.71. The van der Waals surface area contributed by atoms with E-state index in [1.165, 1.54) is 0 Å². The predicted octanol–water partition coefficient (Wildman–Crippen LogP) is 2.27. The van der Waals surface area contributed by atoms with Crippen LogP contribution in [0.1, 0.15) is 13.8 Å². The Morgan fingerprint density at radius 2 is 1.74 bits per heavy atom. The van der Waals surface area contributed by atoms with E-state index in [9.17, 15) is 4.79 Å². The maximum Gasteiger partial charge on any atom is 0.324 e. The SMILES string of the molecule is CCN1CCN(C(=O)N(CC)c2ccccc2)CC1. The van der Waals surface area contributed by atoms with E-state index in [-0.39, 0.29) is 6.03 Å². The molecule has 0 atom stereocenters. The number of para-hydroxylation sites is 1.